The van der Waals surface area contributed by atoms with Crippen LogP contribution in [-0.2, 0) is 26.9 Å². The number of hydrogen-bond acceptors (Lipinski definition) is 9. The van der Waals surface area contributed by atoms with Gasteiger partial charge in [-0.3, -0.25) is 4.72 Å². The smallest absolute Gasteiger partial charge is 0.332 e. The second kappa shape index (κ2) is 10.8. The zero-order valence-corrected chi connectivity index (χ0v) is 23.2. The molecule has 0 radical (unpaired) electrons. The predicted molar refractivity (Wildman–Crippen MR) is 147 cm³/mol. The standard InChI is InChI=1S/C24H20Cl2FN5O5S2/c1-13-9-15(6-8-20(13)32-39(35,36)17-4-2-3-16(11-17)38(27,33)34)37-12-21-22(23(28)31-24(29)30-21)14-5-7-18(25)19(26)10-14/h2-11,32H,12H2,1H3,(H4,28,29,30,31). The molecule has 5 N–H and O–H groups in total. The molecule has 1 aromatic heterocycles. The monoisotopic (exact) mass is 611 g/mol. The van der Waals surface area contributed by atoms with Crippen molar-refractivity contribution in [1.82, 2.24) is 9.97 Å². The average molecular weight is 612 g/mol. The number of anilines is 3. The van der Waals surface area contributed by atoms with Crippen LogP contribution in [0.3, 0.4) is 0 Å². The maximum absolute atomic E-state index is 13.3. The summed E-state index contributed by atoms with van der Waals surface area (Å²) in [7, 11) is -9.30. The summed E-state index contributed by atoms with van der Waals surface area (Å²) in [5.74, 6) is 0.433. The van der Waals surface area contributed by atoms with Gasteiger partial charge in [-0.1, -0.05) is 35.3 Å². The number of ether oxygens (including phenoxy) is 1. The Hall–Kier alpha value is -3.65. The second-order valence-electron chi connectivity index (χ2n) is 8.20. The van der Waals surface area contributed by atoms with Gasteiger partial charge in [-0.2, -0.15) is 13.4 Å². The van der Waals surface area contributed by atoms with Crippen LogP contribution >= 0.6 is 23.2 Å². The summed E-state index contributed by atoms with van der Waals surface area (Å²) < 4.78 is 69.5. The SMILES string of the molecule is Cc1cc(OCc2nc(N)nc(N)c2-c2ccc(Cl)c(Cl)c2)ccc1NS(=O)(=O)c1cccc(S(=O)(=O)F)c1. The summed E-state index contributed by atoms with van der Waals surface area (Å²) in [4.78, 5) is 7.07. The summed E-state index contributed by atoms with van der Waals surface area (Å²) >= 11 is 12.2. The van der Waals surface area contributed by atoms with Crippen molar-refractivity contribution in [3.8, 4) is 16.9 Å². The molecule has 0 bridgehead atoms. The summed E-state index contributed by atoms with van der Waals surface area (Å²) in [5, 5.41) is 0.670. The van der Waals surface area contributed by atoms with Crippen LogP contribution in [-0.4, -0.2) is 26.8 Å². The van der Waals surface area contributed by atoms with E-state index in [-0.39, 0.29) is 24.1 Å². The van der Waals surface area contributed by atoms with E-state index in [1.807, 2.05) is 0 Å². The van der Waals surface area contributed by atoms with Gasteiger partial charge < -0.3 is 16.2 Å². The van der Waals surface area contributed by atoms with E-state index >= 15 is 0 Å². The maximum Gasteiger partial charge on any atom is 0.332 e. The van der Waals surface area contributed by atoms with Crippen LogP contribution in [0.1, 0.15) is 11.3 Å². The fraction of sp³-hybridized carbons (Fsp3) is 0.0833. The van der Waals surface area contributed by atoms with Gasteiger partial charge in [0.05, 0.1) is 31.2 Å². The van der Waals surface area contributed by atoms with Gasteiger partial charge in [0.1, 0.15) is 18.2 Å². The molecule has 15 heteroatoms. The first-order chi connectivity index (χ1) is 18.2. The fourth-order valence-electron chi connectivity index (χ4n) is 3.61. The topological polar surface area (TPSA) is 167 Å². The number of aromatic nitrogens is 2. The molecule has 0 unspecified atom stereocenters. The van der Waals surface area contributed by atoms with Crippen LogP contribution in [0, 0.1) is 6.92 Å². The molecule has 0 saturated heterocycles. The minimum atomic E-state index is -5.08. The summed E-state index contributed by atoms with van der Waals surface area (Å²) in [6, 6.07) is 13.4. The molecule has 0 aliphatic heterocycles. The lowest BCUT2D eigenvalue weighted by Crippen LogP contribution is -2.14. The number of aryl methyl sites for hydroxylation is 1. The lowest BCUT2D eigenvalue weighted by molar-refractivity contribution is 0.302. The Labute approximate surface area is 234 Å². The molecule has 4 rings (SSSR count). The number of nitrogens with one attached hydrogen (secondary N) is 1. The Morgan fingerprint density at radius 3 is 2.31 bits per heavy atom. The summed E-state index contributed by atoms with van der Waals surface area (Å²) in [5.41, 5.74) is 14.0. The molecule has 0 fully saturated rings. The zero-order valence-electron chi connectivity index (χ0n) is 20.0. The molecular weight excluding hydrogens is 592 g/mol. The molecule has 3 aromatic carbocycles. The minimum Gasteiger partial charge on any atom is -0.487 e. The molecule has 0 saturated carbocycles. The van der Waals surface area contributed by atoms with E-state index in [0.29, 0.717) is 38.2 Å². The lowest BCUT2D eigenvalue weighted by Gasteiger charge is -2.15. The first-order valence-electron chi connectivity index (χ1n) is 10.9. The quantitative estimate of drug-likeness (QED) is 0.233. The zero-order chi connectivity index (χ0) is 28.5. The molecule has 204 valence electrons. The largest absolute Gasteiger partial charge is 0.487 e. The van der Waals surface area contributed by atoms with Crippen LogP contribution in [0.25, 0.3) is 11.1 Å². The van der Waals surface area contributed by atoms with Crippen LogP contribution < -0.4 is 20.9 Å². The highest BCUT2D eigenvalue weighted by Gasteiger charge is 2.20. The maximum atomic E-state index is 13.3. The molecular formula is C24H20Cl2FN5O5S2. The second-order valence-corrected chi connectivity index (χ2v) is 12.0. The molecule has 0 spiro atoms. The Kier molecular flexibility index (Phi) is 7.89. The summed E-state index contributed by atoms with van der Waals surface area (Å²) in [6.07, 6.45) is 0. The van der Waals surface area contributed by atoms with Gasteiger partial charge in [0.2, 0.25) is 5.95 Å². The molecule has 0 atom stereocenters. The van der Waals surface area contributed by atoms with Crippen molar-refractivity contribution in [3.05, 3.63) is 82.0 Å². The van der Waals surface area contributed by atoms with Crippen molar-refractivity contribution in [3.63, 3.8) is 0 Å². The third kappa shape index (κ3) is 6.50. The molecule has 0 amide bonds. The van der Waals surface area contributed by atoms with Gasteiger partial charge in [0.15, 0.2) is 0 Å². The highest BCUT2D eigenvalue weighted by atomic mass is 35.5. The van der Waals surface area contributed by atoms with Gasteiger partial charge in [-0.15, -0.1) is 3.89 Å². The van der Waals surface area contributed by atoms with E-state index in [9.17, 15) is 20.7 Å². The Morgan fingerprint density at radius 2 is 1.64 bits per heavy atom. The number of benzene rings is 3. The molecule has 4 aromatic rings. The van der Waals surface area contributed by atoms with Crippen molar-refractivity contribution in [1.29, 1.82) is 0 Å². The number of rotatable bonds is 8. The molecule has 0 aliphatic carbocycles. The van der Waals surface area contributed by atoms with Crippen LogP contribution in [0.4, 0.5) is 21.3 Å². The summed E-state index contributed by atoms with van der Waals surface area (Å²) in [6.45, 7) is 1.57. The predicted octanol–water partition coefficient (Wildman–Crippen LogP) is 4.96. The normalized spacial score (nSPS) is 11.8. The van der Waals surface area contributed by atoms with E-state index < -0.39 is 30.0 Å². The first kappa shape index (κ1) is 28.4. The molecule has 10 nitrogen and oxygen atoms in total. The number of nitrogens with two attached hydrogens (primary N) is 2. The van der Waals surface area contributed by atoms with Crippen molar-refractivity contribution in [2.75, 3.05) is 16.2 Å². The number of nitrogens with zero attached hydrogens (tertiary/aromatic N) is 2. The van der Waals surface area contributed by atoms with Crippen LogP contribution in [0.15, 0.2) is 70.5 Å². The number of halogens is 3. The third-order valence-corrected chi connectivity index (χ3v) is 8.37. The number of sulfonamides is 1. The average Bonchev–Trinajstić information content (AvgIpc) is 2.85. The number of nitrogen functional groups attached to an aromatic ring is 2. The van der Waals surface area contributed by atoms with Crippen molar-refractivity contribution in [2.24, 2.45) is 0 Å². The number of hydrogen-bond donors (Lipinski definition) is 3. The van der Waals surface area contributed by atoms with Gasteiger partial charge in [0.25, 0.3) is 10.0 Å². The van der Waals surface area contributed by atoms with E-state index in [0.717, 1.165) is 24.3 Å². The van der Waals surface area contributed by atoms with E-state index in [4.69, 9.17) is 39.4 Å². The Morgan fingerprint density at radius 1 is 0.923 bits per heavy atom. The van der Waals surface area contributed by atoms with E-state index in [1.165, 1.54) is 12.1 Å². The molecule has 0 aliphatic rings. The first-order valence-corrected chi connectivity index (χ1v) is 14.5. The minimum absolute atomic E-state index is 0.0551. The van der Waals surface area contributed by atoms with E-state index in [1.54, 1.807) is 31.2 Å². The lowest BCUT2D eigenvalue weighted by atomic mass is 10.0. The third-order valence-electron chi connectivity index (χ3n) is 5.45. The van der Waals surface area contributed by atoms with Gasteiger partial charge in [0, 0.05) is 5.56 Å². The van der Waals surface area contributed by atoms with Crippen molar-refractivity contribution in [2.45, 2.75) is 23.3 Å². The van der Waals surface area contributed by atoms with Crippen LogP contribution in [0.2, 0.25) is 10.0 Å². The highest BCUT2D eigenvalue weighted by molar-refractivity contribution is 7.92. The highest BCUT2D eigenvalue weighted by Crippen LogP contribution is 2.34. The van der Waals surface area contributed by atoms with Gasteiger partial charge in [-0.25, -0.2) is 13.4 Å². The van der Waals surface area contributed by atoms with Crippen molar-refractivity contribution >= 4 is 60.9 Å². The Balaban J connectivity index is 1.56. The Bertz CT molecular complexity index is 1810. The molecule has 1 heterocycles. The van der Waals surface area contributed by atoms with Crippen molar-refractivity contribution < 1.29 is 25.5 Å². The van der Waals surface area contributed by atoms with Gasteiger partial charge in [-0.05, 0) is 66.6 Å². The fourth-order valence-corrected chi connectivity index (χ4v) is 5.66. The molecule has 39 heavy (non-hydrogen) atoms. The van der Waals surface area contributed by atoms with Crippen LogP contribution in [0.5, 0.6) is 5.75 Å². The van der Waals surface area contributed by atoms with Gasteiger partial charge >= 0.3 is 10.2 Å². The van der Waals surface area contributed by atoms with E-state index in [2.05, 4.69) is 14.7 Å².